The van der Waals surface area contributed by atoms with Gasteiger partial charge in [0.05, 0.1) is 27.2 Å². The first-order chi connectivity index (χ1) is 13.3. The van der Waals surface area contributed by atoms with Crippen LogP contribution in [-0.4, -0.2) is 33.2 Å². The molecule has 0 saturated carbocycles. The number of aliphatic hydroxyl groups excluding tert-OH is 1. The van der Waals surface area contributed by atoms with Crippen molar-refractivity contribution < 1.29 is 19.1 Å². The van der Waals surface area contributed by atoms with Crippen LogP contribution >= 0.6 is 11.3 Å². The van der Waals surface area contributed by atoms with Gasteiger partial charge in [0.1, 0.15) is 5.82 Å². The van der Waals surface area contributed by atoms with Gasteiger partial charge < -0.3 is 10.0 Å². The second-order valence-electron chi connectivity index (χ2n) is 6.90. The van der Waals surface area contributed by atoms with Crippen molar-refractivity contribution in [1.82, 2.24) is 9.88 Å². The summed E-state index contributed by atoms with van der Waals surface area (Å²) >= 11 is 1.24. The average Bonchev–Trinajstić information content (AvgIpc) is 3.13. The van der Waals surface area contributed by atoms with Crippen LogP contribution in [0.3, 0.4) is 0 Å². The smallest absolute Gasteiger partial charge is 0.290 e. The molecule has 1 N–H and O–H groups in total. The Morgan fingerprint density at radius 2 is 1.93 bits per heavy atom. The van der Waals surface area contributed by atoms with Crippen molar-refractivity contribution in [3.63, 3.8) is 0 Å². The van der Waals surface area contributed by atoms with E-state index in [1.165, 1.54) is 28.4 Å². The second-order valence-corrected chi connectivity index (χ2v) is 8.10. The van der Waals surface area contributed by atoms with Crippen LogP contribution < -0.4 is 0 Å². The van der Waals surface area contributed by atoms with E-state index in [-0.39, 0.29) is 5.57 Å². The van der Waals surface area contributed by atoms with Gasteiger partial charge in [-0.05, 0) is 38.0 Å². The molecule has 0 fully saturated rings. The van der Waals surface area contributed by atoms with Crippen molar-refractivity contribution in [2.75, 3.05) is 6.54 Å². The second kappa shape index (κ2) is 8.22. The lowest BCUT2D eigenvalue weighted by Gasteiger charge is -2.26. The lowest BCUT2D eigenvalue weighted by atomic mass is 9.95. The van der Waals surface area contributed by atoms with Crippen LogP contribution in [-0.2, 0) is 4.79 Å². The number of halogens is 1. The Morgan fingerprint density at radius 1 is 1.25 bits per heavy atom. The summed E-state index contributed by atoms with van der Waals surface area (Å²) in [5.74, 6) is -1.89. The highest BCUT2D eigenvalue weighted by atomic mass is 32.1. The van der Waals surface area contributed by atoms with Crippen molar-refractivity contribution in [1.29, 1.82) is 0 Å². The zero-order valence-corrected chi connectivity index (χ0v) is 17.0. The van der Waals surface area contributed by atoms with Gasteiger partial charge in [0.2, 0.25) is 5.78 Å². The quantitative estimate of drug-likeness (QED) is 0.540. The van der Waals surface area contributed by atoms with Crippen LogP contribution in [0.5, 0.6) is 0 Å². The molecule has 5 nitrogen and oxygen atoms in total. The standard InChI is InChI=1S/C21H23FN2O3S/c1-4-5-6-11-24-17(14-7-9-15(22)10-8-14)16(19(26)21(24)27)18(25)20-12(2)23-13(3)28-20/h7-10,17,26H,4-6,11H2,1-3H3. The van der Waals surface area contributed by atoms with Crippen molar-refractivity contribution in [2.24, 2.45) is 0 Å². The molecule has 1 aliphatic heterocycles. The summed E-state index contributed by atoms with van der Waals surface area (Å²) in [6, 6.07) is 4.96. The number of aromatic nitrogens is 1. The zero-order chi connectivity index (χ0) is 20.4. The van der Waals surface area contributed by atoms with E-state index < -0.39 is 29.3 Å². The first-order valence-corrected chi connectivity index (χ1v) is 10.1. The fourth-order valence-corrected chi connectivity index (χ4v) is 4.38. The summed E-state index contributed by atoms with van der Waals surface area (Å²) < 4.78 is 13.4. The van der Waals surface area contributed by atoms with Gasteiger partial charge in [-0.2, -0.15) is 0 Å². The molecule has 3 rings (SSSR count). The topological polar surface area (TPSA) is 70.5 Å². The Hall–Kier alpha value is -2.54. The molecular formula is C21H23FN2O3S. The van der Waals surface area contributed by atoms with E-state index in [1.807, 2.05) is 0 Å². The number of unbranched alkanes of at least 4 members (excludes halogenated alkanes) is 2. The molecule has 0 spiro atoms. The summed E-state index contributed by atoms with van der Waals surface area (Å²) in [6.45, 7) is 6.01. The number of hydrogen-bond donors (Lipinski definition) is 1. The molecule has 2 heterocycles. The Labute approximate surface area is 167 Å². The van der Waals surface area contributed by atoms with E-state index in [0.717, 1.165) is 24.3 Å². The maximum absolute atomic E-state index is 13.4. The first kappa shape index (κ1) is 20.2. The molecule has 1 unspecified atom stereocenters. The van der Waals surface area contributed by atoms with Gasteiger partial charge in [-0.3, -0.25) is 9.59 Å². The monoisotopic (exact) mass is 402 g/mol. The van der Waals surface area contributed by atoms with Gasteiger partial charge in [0, 0.05) is 6.54 Å². The molecule has 148 valence electrons. The lowest BCUT2D eigenvalue weighted by molar-refractivity contribution is -0.129. The molecule has 1 amide bonds. The van der Waals surface area contributed by atoms with Gasteiger partial charge >= 0.3 is 0 Å². The highest BCUT2D eigenvalue weighted by molar-refractivity contribution is 7.14. The van der Waals surface area contributed by atoms with Crippen LogP contribution in [0.2, 0.25) is 0 Å². The number of carbonyl (C=O) groups excluding carboxylic acids is 2. The van der Waals surface area contributed by atoms with E-state index in [0.29, 0.717) is 22.7 Å². The van der Waals surface area contributed by atoms with E-state index >= 15 is 0 Å². The summed E-state index contributed by atoms with van der Waals surface area (Å²) in [4.78, 5) is 32.2. The Kier molecular flexibility index (Phi) is 5.93. The molecule has 1 aromatic heterocycles. The van der Waals surface area contributed by atoms with Crippen molar-refractivity contribution in [2.45, 2.75) is 46.1 Å². The van der Waals surface area contributed by atoms with E-state index in [2.05, 4.69) is 11.9 Å². The van der Waals surface area contributed by atoms with Crippen molar-refractivity contribution >= 4 is 23.0 Å². The molecule has 0 radical (unpaired) electrons. The minimum atomic E-state index is -0.737. The van der Waals surface area contributed by atoms with Crippen LogP contribution in [0.4, 0.5) is 4.39 Å². The summed E-state index contributed by atoms with van der Waals surface area (Å²) in [5, 5.41) is 11.3. The number of ketones is 1. The zero-order valence-electron chi connectivity index (χ0n) is 16.2. The molecule has 0 saturated heterocycles. The third-order valence-electron chi connectivity index (χ3n) is 4.85. The van der Waals surface area contributed by atoms with Gasteiger partial charge in [-0.1, -0.05) is 31.9 Å². The normalized spacial score (nSPS) is 16.9. The Balaban J connectivity index is 2.06. The number of Topliss-reactive ketones (excluding diaryl/α,β-unsaturated/α-hetero) is 1. The molecule has 1 aliphatic rings. The number of amides is 1. The van der Waals surface area contributed by atoms with Crippen LogP contribution in [0.1, 0.15) is 58.2 Å². The summed E-state index contributed by atoms with van der Waals surface area (Å²) in [6.07, 6.45) is 2.66. The SMILES string of the molecule is CCCCCN1C(=O)C(O)=C(C(=O)c2sc(C)nc2C)C1c1ccc(F)cc1. The minimum Gasteiger partial charge on any atom is -0.503 e. The maximum atomic E-state index is 13.4. The number of aliphatic hydroxyl groups is 1. The highest BCUT2D eigenvalue weighted by Crippen LogP contribution is 2.40. The molecule has 2 aromatic rings. The third kappa shape index (κ3) is 3.71. The number of aryl methyl sites for hydroxylation is 2. The Morgan fingerprint density at radius 3 is 2.50 bits per heavy atom. The van der Waals surface area contributed by atoms with Crippen LogP contribution in [0.15, 0.2) is 35.6 Å². The van der Waals surface area contributed by atoms with Crippen molar-refractivity contribution in [3.05, 3.63) is 62.6 Å². The van der Waals surface area contributed by atoms with E-state index in [1.54, 1.807) is 26.0 Å². The number of carbonyl (C=O) groups is 2. The van der Waals surface area contributed by atoms with E-state index in [9.17, 15) is 19.1 Å². The lowest BCUT2D eigenvalue weighted by Crippen LogP contribution is -2.32. The van der Waals surface area contributed by atoms with Gasteiger partial charge in [-0.15, -0.1) is 11.3 Å². The Bertz CT molecular complexity index is 934. The third-order valence-corrected chi connectivity index (χ3v) is 5.92. The number of hydrogen-bond acceptors (Lipinski definition) is 5. The van der Waals surface area contributed by atoms with Gasteiger partial charge in [0.15, 0.2) is 5.76 Å². The molecule has 28 heavy (non-hydrogen) atoms. The first-order valence-electron chi connectivity index (χ1n) is 9.33. The molecule has 0 bridgehead atoms. The number of nitrogens with zero attached hydrogens (tertiary/aromatic N) is 2. The van der Waals surface area contributed by atoms with Crippen molar-refractivity contribution in [3.8, 4) is 0 Å². The van der Waals surface area contributed by atoms with Gasteiger partial charge in [-0.25, -0.2) is 9.37 Å². The van der Waals surface area contributed by atoms with Gasteiger partial charge in [0.25, 0.3) is 5.91 Å². The molecule has 7 heteroatoms. The molecule has 1 aromatic carbocycles. The predicted molar refractivity (Wildman–Crippen MR) is 106 cm³/mol. The minimum absolute atomic E-state index is 0.0415. The highest BCUT2D eigenvalue weighted by Gasteiger charge is 2.44. The molecular weight excluding hydrogens is 379 g/mol. The fourth-order valence-electron chi connectivity index (χ4n) is 3.50. The number of benzene rings is 1. The number of rotatable bonds is 7. The van der Waals surface area contributed by atoms with Crippen LogP contribution in [0, 0.1) is 19.7 Å². The molecule has 0 aliphatic carbocycles. The van der Waals surface area contributed by atoms with E-state index in [4.69, 9.17) is 0 Å². The summed E-state index contributed by atoms with van der Waals surface area (Å²) in [5.41, 5.74) is 1.21. The maximum Gasteiger partial charge on any atom is 0.290 e. The molecule has 1 atom stereocenters. The predicted octanol–water partition coefficient (Wildman–Crippen LogP) is 4.67. The van der Waals surface area contributed by atoms with Crippen LogP contribution in [0.25, 0.3) is 0 Å². The summed E-state index contributed by atoms with van der Waals surface area (Å²) in [7, 11) is 0. The largest absolute Gasteiger partial charge is 0.503 e. The average molecular weight is 402 g/mol. The fraction of sp³-hybridized carbons (Fsp3) is 0.381. The number of thiazole rings is 1.